The second-order valence-corrected chi connectivity index (χ2v) is 2.42. The molecule has 0 amide bonds. The van der Waals surface area contributed by atoms with Crippen LogP contribution < -0.4 is 10.6 Å². The molecular formula is C5H12F2N2+2. The van der Waals surface area contributed by atoms with Crippen LogP contribution in [0.1, 0.15) is 0 Å². The first-order valence-corrected chi connectivity index (χ1v) is 3.22. The maximum absolute atomic E-state index is 12.4. The Labute approximate surface area is 52.6 Å². The Morgan fingerprint density at radius 2 is 1.44 bits per heavy atom. The van der Waals surface area contributed by atoms with E-state index >= 15 is 0 Å². The fourth-order valence-corrected chi connectivity index (χ4v) is 0.946. The highest BCUT2D eigenvalue weighted by molar-refractivity contribution is 4.60. The molecule has 1 heterocycles. The molecule has 1 fully saturated rings. The zero-order valence-electron chi connectivity index (χ0n) is 5.24. The van der Waals surface area contributed by atoms with Gasteiger partial charge in [0.2, 0.25) is 0 Å². The van der Waals surface area contributed by atoms with Gasteiger partial charge in [0, 0.05) is 0 Å². The van der Waals surface area contributed by atoms with Crippen LogP contribution in [0.3, 0.4) is 0 Å². The van der Waals surface area contributed by atoms with Crippen LogP contribution >= 0.6 is 0 Å². The third-order valence-corrected chi connectivity index (χ3v) is 1.46. The first kappa shape index (κ1) is 6.89. The van der Waals surface area contributed by atoms with Gasteiger partial charge in [-0.25, -0.2) is 0 Å². The Morgan fingerprint density at radius 1 is 1.00 bits per heavy atom. The van der Waals surface area contributed by atoms with Crippen LogP contribution in [-0.4, -0.2) is 32.1 Å². The lowest BCUT2D eigenvalue weighted by atomic mass is 10.3. The third-order valence-electron chi connectivity index (χ3n) is 1.46. The van der Waals surface area contributed by atoms with Gasteiger partial charge in [-0.2, -0.15) is 8.78 Å². The van der Waals surface area contributed by atoms with Gasteiger partial charge in [-0.1, -0.05) is 0 Å². The van der Waals surface area contributed by atoms with E-state index in [2.05, 4.69) is 0 Å². The molecule has 1 saturated heterocycles. The van der Waals surface area contributed by atoms with Crippen molar-refractivity contribution in [1.82, 2.24) is 0 Å². The summed E-state index contributed by atoms with van der Waals surface area (Å²) in [5.41, 5.74) is 0. The minimum atomic E-state index is -2.45. The van der Waals surface area contributed by atoms with Gasteiger partial charge >= 0.3 is 5.92 Å². The molecule has 4 N–H and O–H groups in total. The van der Waals surface area contributed by atoms with Crippen LogP contribution in [0.4, 0.5) is 8.78 Å². The Hall–Kier alpha value is -0.220. The van der Waals surface area contributed by atoms with Gasteiger partial charge in [0.05, 0.1) is 0 Å². The van der Waals surface area contributed by atoms with Crippen molar-refractivity contribution in [2.75, 3.05) is 26.2 Å². The monoisotopic (exact) mass is 138 g/mol. The lowest BCUT2D eigenvalue weighted by Gasteiger charge is -2.06. The maximum atomic E-state index is 12.4. The summed E-state index contributed by atoms with van der Waals surface area (Å²) in [5.74, 6) is -2.45. The SMILES string of the molecule is FC1(F)C[NH2+]CC[NH2+]C1. The third kappa shape index (κ3) is 2.24. The van der Waals surface area contributed by atoms with E-state index in [0.29, 0.717) is 0 Å². The van der Waals surface area contributed by atoms with Crippen LogP contribution in [0.2, 0.25) is 0 Å². The molecule has 2 nitrogen and oxygen atoms in total. The van der Waals surface area contributed by atoms with E-state index in [4.69, 9.17) is 0 Å². The van der Waals surface area contributed by atoms with Gasteiger partial charge in [0.15, 0.2) is 0 Å². The summed E-state index contributed by atoms with van der Waals surface area (Å²) in [6.07, 6.45) is 0. The van der Waals surface area contributed by atoms with E-state index in [0.717, 1.165) is 13.1 Å². The Kier molecular flexibility index (Phi) is 1.97. The highest BCUT2D eigenvalue weighted by Crippen LogP contribution is 2.05. The summed E-state index contributed by atoms with van der Waals surface area (Å²) < 4.78 is 24.8. The normalized spacial score (nSPS) is 27.3. The van der Waals surface area contributed by atoms with Crippen LogP contribution in [0.25, 0.3) is 0 Å². The molecule has 0 radical (unpaired) electrons. The number of quaternary nitrogens is 2. The highest BCUT2D eigenvalue weighted by Gasteiger charge is 2.34. The van der Waals surface area contributed by atoms with Gasteiger partial charge in [0.1, 0.15) is 26.2 Å². The summed E-state index contributed by atoms with van der Waals surface area (Å²) >= 11 is 0. The van der Waals surface area contributed by atoms with E-state index < -0.39 is 5.92 Å². The molecule has 0 spiro atoms. The molecule has 0 aromatic heterocycles. The van der Waals surface area contributed by atoms with Gasteiger partial charge in [0.25, 0.3) is 0 Å². The van der Waals surface area contributed by atoms with Crippen molar-refractivity contribution >= 4 is 0 Å². The van der Waals surface area contributed by atoms with Crippen molar-refractivity contribution in [1.29, 1.82) is 0 Å². The zero-order valence-corrected chi connectivity index (χ0v) is 5.24. The molecule has 9 heavy (non-hydrogen) atoms. The number of hydrogen-bond acceptors (Lipinski definition) is 0. The molecule has 1 rings (SSSR count). The van der Waals surface area contributed by atoms with Crippen LogP contribution in [0.5, 0.6) is 0 Å². The maximum Gasteiger partial charge on any atom is 0.342 e. The number of halogens is 2. The number of rotatable bonds is 0. The lowest BCUT2D eigenvalue weighted by molar-refractivity contribution is -0.698. The largest absolute Gasteiger partial charge is 0.342 e. The molecule has 0 bridgehead atoms. The van der Waals surface area contributed by atoms with Crippen LogP contribution in [0.15, 0.2) is 0 Å². The number of hydrogen-bond donors (Lipinski definition) is 2. The molecule has 0 aromatic rings. The summed E-state index contributed by atoms with van der Waals surface area (Å²) in [6, 6.07) is 0. The highest BCUT2D eigenvalue weighted by atomic mass is 19.3. The van der Waals surface area contributed by atoms with E-state index in [1.54, 1.807) is 10.6 Å². The van der Waals surface area contributed by atoms with E-state index in [-0.39, 0.29) is 13.1 Å². The molecule has 1 aliphatic rings. The lowest BCUT2D eigenvalue weighted by Crippen LogP contribution is -2.91. The molecule has 0 atom stereocenters. The van der Waals surface area contributed by atoms with E-state index in [9.17, 15) is 8.78 Å². The Balaban J connectivity index is 2.36. The fourth-order valence-electron chi connectivity index (χ4n) is 0.946. The molecule has 0 unspecified atom stereocenters. The standard InChI is InChI=1S/C5H10F2N2/c6-5(7)3-8-1-2-9-4-5/h8-9H,1-4H2/p+2. The summed E-state index contributed by atoms with van der Waals surface area (Å²) in [5, 5.41) is 3.34. The van der Waals surface area contributed by atoms with Crippen molar-refractivity contribution in [3.05, 3.63) is 0 Å². The first-order valence-electron chi connectivity index (χ1n) is 3.22. The molecule has 4 heteroatoms. The second-order valence-electron chi connectivity index (χ2n) is 2.42. The average molecular weight is 138 g/mol. The van der Waals surface area contributed by atoms with Gasteiger partial charge < -0.3 is 10.6 Å². The topological polar surface area (TPSA) is 33.2 Å². The van der Waals surface area contributed by atoms with Crippen molar-refractivity contribution in [3.63, 3.8) is 0 Å². The summed E-state index contributed by atoms with van der Waals surface area (Å²) in [6.45, 7) is 1.55. The molecule has 54 valence electrons. The van der Waals surface area contributed by atoms with Crippen LogP contribution in [0, 0.1) is 0 Å². The molecule has 0 aromatic carbocycles. The molecular weight excluding hydrogens is 126 g/mol. The minimum Gasteiger partial charge on any atom is -0.336 e. The first-order chi connectivity index (χ1) is 4.21. The number of nitrogens with two attached hydrogens (primary N) is 2. The number of alkyl halides is 2. The van der Waals surface area contributed by atoms with Crippen molar-refractivity contribution in [2.45, 2.75) is 5.92 Å². The molecule has 0 saturated carbocycles. The zero-order chi connectivity index (χ0) is 6.74. The van der Waals surface area contributed by atoms with Crippen molar-refractivity contribution in [3.8, 4) is 0 Å². The van der Waals surface area contributed by atoms with Gasteiger partial charge in [-0.15, -0.1) is 0 Å². The van der Waals surface area contributed by atoms with Crippen molar-refractivity contribution in [2.24, 2.45) is 0 Å². The van der Waals surface area contributed by atoms with Gasteiger partial charge in [-0.05, 0) is 0 Å². The average Bonchev–Trinajstić information content (AvgIpc) is 1.92. The van der Waals surface area contributed by atoms with E-state index in [1.807, 2.05) is 0 Å². The van der Waals surface area contributed by atoms with Crippen molar-refractivity contribution < 1.29 is 19.4 Å². The summed E-state index contributed by atoms with van der Waals surface area (Å²) in [7, 11) is 0. The van der Waals surface area contributed by atoms with Gasteiger partial charge in [-0.3, -0.25) is 0 Å². The molecule has 0 aliphatic carbocycles. The second kappa shape index (κ2) is 2.58. The summed E-state index contributed by atoms with van der Waals surface area (Å²) in [4.78, 5) is 0. The molecule has 1 aliphatic heterocycles. The van der Waals surface area contributed by atoms with Crippen LogP contribution in [-0.2, 0) is 0 Å². The predicted octanol–water partition coefficient (Wildman–Crippen LogP) is -2.24. The Morgan fingerprint density at radius 3 is 1.89 bits per heavy atom. The predicted molar refractivity (Wildman–Crippen MR) is 28.3 cm³/mol. The van der Waals surface area contributed by atoms with E-state index in [1.165, 1.54) is 0 Å². The minimum absolute atomic E-state index is 0.0382. The smallest absolute Gasteiger partial charge is 0.336 e. The fraction of sp³-hybridized carbons (Fsp3) is 1.00. The quantitative estimate of drug-likeness (QED) is 0.379. The Bertz CT molecular complexity index is 85.0.